The molecule has 23 heavy (non-hydrogen) atoms. The Balaban J connectivity index is 2.39. The number of aryl methyl sites for hydroxylation is 1. The van der Waals surface area contributed by atoms with E-state index < -0.39 is 0 Å². The highest BCUT2D eigenvalue weighted by Crippen LogP contribution is 2.20. The van der Waals surface area contributed by atoms with Crippen molar-refractivity contribution < 1.29 is 0 Å². The van der Waals surface area contributed by atoms with Crippen LogP contribution in [0.2, 0.25) is 0 Å². The molecule has 0 N–H and O–H groups in total. The average molecular weight is 308 g/mol. The molecule has 0 saturated carbocycles. The standard InChI is InChI=1S/C20H24N2O/c1-3-5-6-7-14-22-19(13-12-18(15-21)20(22)23)17-10-8-16(4-2)9-11-17/h8-13H,3-7,14H2,1-2H3. The van der Waals surface area contributed by atoms with Crippen LogP contribution in [0.25, 0.3) is 11.3 Å². The molecule has 1 heterocycles. The van der Waals surface area contributed by atoms with Crippen molar-refractivity contribution in [2.45, 2.75) is 52.5 Å². The molecular weight excluding hydrogens is 284 g/mol. The van der Waals surface area contributed by atoms with E-state index in [0.717, 1.165) is 30.5 Å². The zero-order valence-electron chi connectivity index (χ0n) is 14.0. The summed E-state index contributed by atoms with van der Waals surface area (Å²) in [7, 11) is 0. The highest BCUT2D eigenvalue weighted by molar-refractivity contribution is 5.60. The first-order chi connectivity index (χ1) is 11.2. The molecule has 0 radical (unpaired) electrons. The van der Waals surface area contributed by atoms with Crippen LogP contribution < -0.4 is 5.56 Å². The van der Waals surface area contributed by atoms with E-state index in [1.54, 1.807) is 10.6 Å². The first-order valence-electron chi connectivity index (χ1n) is 8.44. The SMILES string of the molecule is CCCCCCn1c(-c2ccc(CC)cc2)ccc(C#N)c1=O. The summed E-state index contributed by atoms with van der Waals surface area (Å²) in [6, 6.07) is 13.8. The molecule has 0 atom stereocenters. The Labute approximate surface area is 138 Å². The molecule has 1 aromatic heterocycles. The summed E-state index contributed by atoms with van der Waals surface area (Å²) < 4.78 is 1.76. The number of pyridine rings is 1. The monoisotopic (exact) mass is 308 g/mol. The highest BCUT2D eigenvalue weighted by atomic mass is 16.1. The van der Waals surface area contributed by atoms with Crippen molar-refractivity contribution in [2.24, 2.45) is 0 Å². The number of benzene rings is 1. The number of rotatable bonds is 7. The third-order valence-electron chi connectivity index (χ3n) is 4.19. The topological polar surface area (TPSA) is 45.8 Å². The number of hydrogen-bond donors (Lipinski definition) is 0. The zero-order chi connectivity index (χ0) is 16.7. The maximum absolute atomic E-state index is 12.5. The zero-order valence-corrected chi connectivity index (χ0v) is 14.0. The van der Waals surface area contributed by atoms with E-state index in [9.17, 15) is 4.79 Å². The number of nitriles is 1. The van der Waals surface area contributed by atoms with E-state index in [1.807, 2.05) is 12.1 Å². The highest BCUT2D eigenvalue weighted by Gasteiger charge is 2.10. The van der Waals surface area contributed by atoms with Crippen LogP contribution in [-0.4, -0.2) is 4.57 Å². The van der Waals surface area contributed by atoms with Crippen LogP contribution in [0.3, 0.4) is 0 Å². The Kier molecular flexibility index (Phi) is 6.17. The van der Waals surface area contributed by atoms with E-state index in [2.05, 4.69) is 38.1 Å². The van der Waals surface area contributed by atoms with E-state index in [1.165, 1.54) is 18.4 Å². The minimum Gasteiger partial charge on any atom is -0.307 e. The summed E-state index contributed by atoms with van der Waals surface area (Å²) >= 11 is 0. The van der Waals surface area contributed by atoms with Gasteiger partial charge in [0.15, 0.2) is 0 Å². The normalized spacial score (nSPS) is 10.5. The van der Waals surface area contributed by atoms with E-state index in [-0.39, 0.29) is 11.1 Å². The molecule has 0 fully saturated rings. The van der Waals surface area contributed by atoms with Crippen molar-refractivity contribution in [3.8, 4) is 17.3 Å². The second-order valence-electron chi connectivity index (χ2n) is 5.81. The molecule has 0 unspecified atom stereocenters. The van der Waals surface area contributed by atoms with Crippen LogP contribution in [0.15, 0.2) is 41.2 Å². The molecule has 0 amide bonds. The molecule has 0 aliphatic carbocycles. The summed E-state index contributed by atoms with van der Waals surface area (Å²) in [5.41, 5.74) is 3.24. The van der Waals surface area contributed by atoms with Crippen LogP contribution >= 0.6 is 0 Å². The van der Waals surface area contributed by atoms with Gasteiger partial charge in [-0.05, 0) is 36.1 Å². The Hall–Kier alpha value is -2.34. The van der Waals surface area contributed by atoms with Gasteiger partial charge in [-0.15, -0.1) is 0 Å². The van der Waals surface area contributed by atoms with Gasteiger partial charge < -0.3 is 4.57 Å². The molecule has 3 heteroatoms. The lowest BCUT2D eigenvalue weighted by atomic mass is 10.1. The van der Waals surface area contributed by atoms with Gasteiger partial charge in [0.2, 0.25) is 0 Å². The predicted octanol–water partition coefficient (Wildman–Crippen LogP) is 4.53. The van der Waals surface area contributed by atoms with Gasteiger partial charge in [0, 0.05) is 6.54 Å². The Morgan fingerprint density at radius 1 is 1.00 bits per heavy atom. The molecule has 0 saturated heterocycles. The van der Waals surface area contributed by atoms with Crippen molar-refractivity contribution in [1.82, 2.24) is 4.57 Å². The lowest BCUT2D eigenvalue weighted by Crippen LogP contribution is -2.24. The van der Waals surface area contributed by atoms with Gasteiger partial charge >= 0.3 is 0 Å². The van der Waals surface area contributed by atoms with Crippen LogP contribution in [0, 0.1) is 11.3 Å². The number of aromatic nitrogens is 1. The fraction of sp³-hybridized carbons (Fsp3) is 0.400. The average Bonchev–Trinajstić information content (AvgIpc) is 2.60. The Morgan fingerprint density at radius 2 is 1.74 bits per heavy atom. The van der Waals surface area contributed by atoms with Gasteiger partial charge in [-0.3, -0.25) is 4.79 Å². The molecule has 0 aliphatic rings. The maximum atomic E-state index is 12.5. The van der Waals surface area contributed by atoms with Crippen LogP contribution in [0.1, 0.15) is 50.7 Å². The van der Waals surface area contributed by atoms with Gasteiger partial charge in [-0.1, -0.05) is 57.4 Å². The number of hydrogen-bond acceptors (Lipinski definition) is 2. The minimum absolute atomic E-state index is 0.180. The van der Waals surface area contributed by atoms with Crippen molar-refractivity contribution >= 4 is 0 Å². The van der Waals surface area contributed by atoms with Crippen molar-refractivity contribution in [3.63, 3.8) is 0 Å². The first kappa shape index (κ1) is 17.0. The molecule has 2 rings (SSSR count). The van der Waals surface area contributed by atoms with E-state index in [0.29, 0.717) is 6.54 Å². The Morgan fingerprint density at radius 3 is 2.35 bits per heavy atom. The van der Waals surface area contributed by atoms with E-state index in [4.69, 9.17) is 5.26 Å². The molecular formula is C20H24N2O. The lowest BCUT2D eigenvalue weighted by Gasteiger charge is -2.14. The van der Waals surface area contributed by atoms with Gasteiger partial charge in [0.1, 0.15) is 11.6 Å². The summed E-state index contributed by atoms with van der Waals surface area (Å²) in [5.74, 6) is 0. The molecule has 0 aliphatic heterocycles. The Bertz CT molecular complexity index is 736. The van der Waals surface area contributed by atoms with E-state index >= 15 is 0 Å². The second-order valence-corrected chi connectivity index (χ2v) is 5.81. The summed E-state index contributed by atoms with van der Waals surface area (Å²) in [6.07, 6.45) is 5.40. The lowest BCUT2D eigenvalue weighted by molar-refractivity contribution is 0.573. The molecule has 2 aromatic rings. The molecule has 0 bridgehead atoms. The van der Waals surface area contributed by atoms with Gasteiger partial charge in [0.25, 0.3) is 5.56 Å². The minimum atomic E-state index is -0.180. The maximum Gasteiger partial charge on any atom is 0.268 e. The van der Waals surface area contributed by atoms with Gasteiger partial charge in [-0.25, -0.2) is 0 Å². The largest absolute Gasteiger partial charge is 0.307 e. The summed E-state index contributed by atoms with van der Waals surface area (Å²) in [5, 5.41) is 9.12. The summed E-state index contributed by atoms with van der Waals surface area (Å²) in [4.78, 5) is 12.5. The third kappa shape index (κ3) is 4.10. The molecule has 120 valence electrons. The second kappa shape index (κ2) is 8.33. The van der Waals surface area contributed by atoms with Gasteiger partial charge in [0.05, 0.1) is 5.69 Å². The van der Waals surface area contributed by atoms with Crippen molar-refractivity contribution in [3.05, 3.63) is 57.9 Å². The number of nitrogens with zero attached hydrogens (tertiary/aromatic N) is 2. The van der Waals surface area contributed by atoms with Crippen LogP contribution in [-0.2, 0) is 13.0 Å². The summed E-state index contributed by atoms with van der Waals surface area (Å²) in [6.45, 7) is 4.96. The van der Waals surface area contributed by atoms with Crippen LogP contribution in [0.4, 0.5) is 0 Å². The fourth-order valence-corrected chi connectivity index (χ4v) is 2.75. The molecule has 3 nitrogen and oxygen atoms in total. The number of unbranched alkanes of at least 4 members (excludes halogenated alkanes) is 3. The van der Waals surface area contributed by atoms with Crippen LogP contribution in [0.5, 0.6) is 0 Å². The smallest absolute Gasteiger partial charge is 0.268 e. The quantitative estimate of drug-likeness (QED) is 0.705. The predicted molar refractivity (Wildman–Crippen MR) is 94.4 cm³/mol. The fourth-order valence-electron chi connectivity index (χ4n) is 2.75. The van der Waals surface area contributed by atoms with Crippen molar-refractivity contribution in [2.75, 3.05) is 0 Å². The first-order valence-corrected chi connectivity index (χ1v) is 8.44. The molecule has 1 aromatic carbocycles. The van der Waals surface area contributed by atoms with Gasteiger partial charge in [-0.2, -0.15) is 5.26 Å². The third-order valence-corrected chi connectivity index (χ3v) is 4.19. The molecule has 0 spiro atoms. The van der Waals surface area contributed by atoms with Crippen molar-refractivity contribution in [1.29, 1.82) is 5.26 Å².